The van der Waals surface area contributed by atoms with Gasteiger partial charge >= 0.3 is 0 Å². The molecular formula is C13H16N2O3S. The molecule has 0 fully saturated rings. The summed E-state index contributed by atoms with van der Waals surface area (Å²) in [6.07, 6.45) is 0. The van der Waals surface area contributed by atoms with Crippen molar-refractivity contribution < 1.29 is 8.42 Å². The van der Waals surface area contributed by atoms with E-state index in [1.54, 1.807) is 45.2 Å². The van der Waals surface area contributed by atoms with Crippen molar-refractivity contribution >= 4 is 26.6 Å². The molecule has 0 saturated carbocycles. The summed E-state index contributed by atoms with van der Waals surface area (Å²) in [6, 6.07) is 8.25. The van der Waals surface area contributed by atoms with Crippen molar-refractivity contribution in [3.63, 3.8) is 0 Å². The molecular weight excluding hydrogens is 264 g/mol. The monoisotopic (exact) mass is 280 g/mol. The third-order valence-electron chi connectivity index (χ3n) is 3.01. The molecule has 2 aromatic rings. The predicted molar refractivity (Wildman–Crippen MR) is 76.9 cm³/mol. The lowest BCUT2D eigenvalue weighted by Gasteiger charge is -2.12. The van der Waals surface area contributed by atoms with E-state index in [0.29, 0.717) is 5.69 Å². The Morgan fingerprint density at radius 2 is 1.84 bits per heavy atom. The van der Waals surface area contributed by atoms with Gasteiger partial charge in [-0.05, 0) is 38.1 Å². The molecule has 6 heteroatoms. The zero-order valence-corrected chi connectivity index (χ0v) is 11.9. The molecule has 0 radical (unpaired) electrons. The van der Waals surface area contributed by atoms with Crippen LogP contribution in [0.5, 0.6) is 0 Å². The van der Waals surface area contributed by atoms with Crippen LogP contribution in [0.1, 0.15) is 13.8 Å². The summed E-state index contributed by atoms with van der Waals surface area (Å²) in [5.41, 5.74) is 1.17. The second-order valence-electron chi connectivity index (χ2n) is 4.70. The van der Waals surface area contributed by atoms with Gasteiger partial charge in [-0.2, -0.15) is 0 Å². The number of anilines is 1. The highest BCUT2D eigenvalue weighted by Gasteiger charge is 2.15. The molecule has 1 aromatic heterocycles. The van der Waals surface area contributed by atoms with Crippen LogP contribution < -0.4 is 10.3 Å². The van der Waals surface area contributed by atoms with E-state index in [0.717, 1.165) is 10.9 Å². The number of hydrogen-bond acceptors (Lipinski definition) is 3. The van der Waals surface area contributed by atoms with E-state index in [1.165, 1.54) is 10.6 Å². The summed E-state index contributed by atoms with van der Waals surface area (Å²) in [6.45, 7) is 3.24. The number of aromatic nitrogens is 1. The minimum Gasteiger partial charge on any atom is -0.311 e. The maximum absolute atomic E-state index is 11.8. The number of fused-ring (bicyclic) bond motifs is 1. The summed E-state index contributed by atoms with van der Waals surface area (Å²) in [5.74, 6) is 0. The number of sulfonamides is 1. The molecule has 1 aromatic carbocycles. The largest absolute Gasteiger partial charge is 0.311 e. The Hall–Kier alpha value is -1.82. The summed E-state index contributed by atoms with van der Waals surface area (Å²) in [7, 11) is -1.67. The Morgan fingerprint density at radius 1 is 1.16 bits per heavy atom. The summed E-state index contributed by atoms with van der Waals surface area (Å²) < 4.78 is 27.6. The molecule has 5 nitrogen and oxygen atoms in total. The zero-order valence-electron chi connectivity index (χ0n) is 11.0. The summed E-state index contributed by atoms with van der Waals surface area (Å²) in [5, 5.41) is 0.314. The third-order valence-corrected chi connectivity index (χ3v) is 4.77. The number of benzene rings is 1. The first-order valence-electron chi connectivity index (χ1n) is 5.93. The van der Waals surface area contributed by atoms with E-state index in [2.05, 4.69) is 4.72 Å². The Balaban J connectivity index is 2.49. The molecule has 102 valence electrons. The molecule has 0 aliphatic heterocycles. The number of nitrogens with zero attached hydrogens (tertiary/aromatic N) is 1. The highest BCUT2D eigenvalue weighted by molar-refractivity contribution is 7.93. The molecule has 19 heavy (non-hydrogen) atoms. The Kier molecular flexibility index (Phi) is 3.36. The first kappa shape index (κ1) is 13.6. The lowest BCUT2D eigenvalue weighted by Crippen LogP contribution is -2.22. The average molecular weight is 280 g/mol. The fourth-order valence-corrected chi connectivity index (χ4v) is 2.42. The molecule has 0 bridgehead atoms. The third kappa shape index (κ3) is 2.63. The molecule has 1 heterocycles. The second kappa shape index (κ2) is 4.70. The topological polar surface area (TPSA) is 68.2 Å². The lowest BCUT2D eigenvalue weighted by molar-refractivity contribution is 0.593. The van der Waals surface area contributed by atoms with Crippen LogP contribution >= 0.6 is 0 Å². The van der Waals surface area contributed by atoms with Crippen LogP contribution in [-0.4, -0.2) is 18.2 Å². The fraction of sp³-hybridized carbons (Fsp3) is 0.308. The van der Waals surface area contributed by atoms with Crippen LogP contribution in [0.3, 0.4) is 0 Å². The standard InChI is InChI=1S/C13H16N2O3S/c1-9(2)19(17,18)14-11-5-6-12-10(8-11)4-7-13(16)15(12)3/h4-9,14H,1-3H3. The smallest absolute Gasteiger partial charge is 0.250 e. The number of hydrogen-bond donors (Lipinski definition) is 1. The van der Waals surface area contributed by atoms with Crippen LogP contribution in [0.4, 0.5) is 5.69 Å². The molecule has 2 rings (SSSR count). The van der Waals surface area contributed by atoms with Gasteiger partial charge in [0.05, 0.1) is 10.8 Å². The fourth-order valence-electron chi connectivity index (χ4n) is 1.73. The van der Waals surface area contributed by atoms with Crippen molar-refractivity contribution in [3.05, 3.63) is 40.7 Å². The highest BCUT2D eigenvalue weighted by atomic mass is 32.2. The molecule has 0 amide bonds. The van der Waals surface area contributed by atoms with Crippen LogP contribution in [0.25, 0.3) is 10.9 Å². The van der Waals surface area contributed by atoms with Gasteiger partial charge in [-0.1, -0.05) is 0 Å². The first-order valence-corrected chi connectivity index (χ1v) is 7.47. The van der Waals surface area contributed by atoms with Gasteiger partial charge in [0.15, 0.2) is 0 Å². The van der Waals surface area contributed by atoms with E-state index < -0.39 is 15.3 Å². The van der Waals surface area contributed by atoms with E-state index in [-0.39, 0.29) is 5.56 Å². The second-order valence-corrected chi connectivity index (χ2v) is 6.94. The molecule has 0 aliphatic carbocycles. The molecule has 0 unspecified atom stereocenters. The Labute approximate surface area is 111 Å². The predicted octanol–water partition coefficient (Wildman–Crippen LogP) is 1.69. The number of rotatable bonds is 3. The van der Waals surface area contributed by atoms with E-state index in [4.69, 9.17) is 0 Å². The van der Waals surface area contributed by atoms with Crippen molar-refractivity contribution in [3.8, 4) is 0 Å². The van der Waals surface area contributed by atoms with E-state index in [1.807, 2.05) is 0 Å². The van der Waals surface area contributed by atoms with Crippen molar-refractivity contribution in [2.45, 2.75) is 19.1 Å². The summed E-state index contributed by atoms with van der Waals surface area (Å²) >= 11 is 0. The van der Waals surface area contributed by atoms with Crippen molar-refractivity contribution in [2.75, 3.05) is 4.72 Å². The van der Waals surface area contributed by atoms with Crippen LogP contribution in [-0.2, 0) is 17.1 Å². The quantitative estimate of drug-likeness (QED) is 0.930. The SMILES string of the molecule is CC(C)S(=O)(=O)Nc1ccc2c(ccc(=O)n2C)c1. The molecule has 1 N–H and O–H groups in total. The molecule has 0 aliphatic rings. The maximum Gasteiger partial charge on any atom is 0.250 e. The average Bonchev–Trinajstić information content (AvgIpc) is 2.33. The van der Waals surface area contributed by atoms with Gasteiger partial charge < -0.3 is 4.57 Å². The van der Waals surface area contributed by atoms with Gasteiger partial charge in [-0.25, -0.2) is 8.42 Å². The minimum atomic E-state index is -3.36. The highest BCUT2D eigenvalue weighted by Crippen LogP contribution is 2.19. The van der Waals surface area contributed by atoms with Crippen LogP contribution in [0, 0.1) is 0 Å². The van der Waals surface area contributed by atoms with Gasteiger partial charge in [0.1, 0.15) is 0 Å². The van der Waals surface area contributed by atoms with Gasteiger partial charge in [0, 0.05) is 24.2 Å². The van der Waals surface area contributed by atoms with Gasteiger partial charge in [-0.15, -0.1) is 0 Å². The number of nitrogens with one attached hydrogen (secondary N) is 1. The normalized spacial score (nSPS) is 12.0. The van der Waals surface area contributed by atoms with Crippen molar-refractivity contribution in [2.24, 2.45) is 7.05 Å². The number of pyridine rings is 1. The van der Waals surface area contributed by atoms with Gasteiger partial charge in [-0.3, -0.25) is 9.52 Å². The number of aryl methyl sites for hydroxylation is 1. The molecule has 0 saturated heterocycles. The van der Waals surface area contributed by atoms with E-state index >= 15 is 0 Å². The zero-order chi connectivity index (χ0) is 14.2. The van der Waals surface area contributed by atoms with Gasteiger partial charge in [0.2, 0.25) is 10.0 Å². The Morgan fingerprint density at radius 3 is 2.47 bits per heavy atom. The van der Waals surface area contributed by atoms with Crippen molar-refractivity contribution in [1.82, 2.24) is 4.57 Å². The summed E-state index contributed by atoms with van der Waals surface area (Å²) in [4.78, 5) is 11.5. The lowest BCUT2D eigenvalue weighted by atomic mass is 10.2. The Bertz CT molecular complexity index is 776. The minimum absolute atomic E-state index is 0.0944. The van der Waals surface area contributed by atoms with Crippen LogP contribution in [0.2, 0.25) is 0 Å². The van der Waals surface area contributed by atoms with Crippen molar-refractivity contribution in [1.29, 1.82) is 0 Å². The first-order chi connectivity index (χ1) is 8.81. The maximum atomic E-state index is 11.8. The molecule has 0 atom stereocenters. The van der Waals surface area contributed by atoms with E-state index in [9.17, 15) is 13.2 Å². The van der Waals surface area contributed by atoms with Gasteiger partial charge in [0.25, 0.3) is 5.56 Å². The molecule has 0 spiro atoms. The van der Waals surface area contributed by atoms with Crippen LogP contribution in [0.15, 0.2) is 35.1 Å².